The fourth-order valence-corrected chi connectivity index (χ4v) is 3.75. The molecule has 2 aromatic rings. The van der Waals surface area contributed by atoms with E-state index in [-0.39, 0.29) is 31.3 Å². The molecule has 0 unspecified atom stereocenters. The highest BCUT2D eigenvalue weighted by Gasteiger charge is 2.28. The van der Waals surface area contributed by atoms with Crippen LogP contribution in [0.25, 0.3) is 11.1 Å². The second-order valence-corrected chi connectivity index (χ2v) is 7.42. The zero-order valence-electron chi connectivity index (χ0n) is 16.9. The minimum Gasteiger partial charge on any atom is -0.481 e. The van der Waals surface area contributed by atoms with Crippen LogP contribution < -0.4 is 10.6 Å². The SMILES string of the molecule is C[C@@H](CC(=O)O)NC(=O)CCCNC(=O)OCC1c2ccccc2-c2ccccc21. The van der Waals surface area contributed by atoms with Crippen LogP contribution in [0.15, 0.2) is 48.5 Å². The molecule has 0 radical (unpaired) electrons. The largest absolute Gasteiger partial charge is 0.481 e. The highest BCUT2D eigenvalue weighted by molar-refractivity contribution is 5.79. The summed E-state index contributed by atoms with van der Waals surface area (Å²) in [6, 6.07) is 15.8. The lowest BCUT2D eigenvalue weighted by Gasteiger charge is -2.15. The van der Waals surface area contributed by atoms with Crippen LogP contribution >= 0.6 is 0 Å². The van der Waals surface area contributed by atoms with Crippen molar-refractivity contribution >= 4 is 18.0 Å². The molecular formula is C23H26N2O5. The Kier molecular flexibility index (Phi) is 7.06. The number of fused-ring (bicyclic) bond motifs is 3. The maximum Gasteiger partial charge on any atom is 0.407 e. The number of benzene rings is 2. The summed E-state index contributed by atoms with van der Waals surface area (Å²) in [5.74, 6) is -1.19. The predicted octanol–water partition coefficient (Wildman–Crippen LogP) is 3.28. The second-order valence-electron chi connectivity index (χ2n) is 7.42. The molecule has 0 heterocycles. The molecule has 0 saturated carbocycles. The zero-order valence-corrected chi connectivity index (χ0v) is 16.9. The first-order valence-corrected chi connectivity index (χ1v) is 10.1. The van der Waals surface area contributed by atoms with E-state index >= 15 is 0 Å². The van der Waals surface area contributed by atoms with E-state index in [1.165, 1.54) is 11.1 Å². The highest BCUT2D eigenvalue weighted by atomic mass is 16.5. The van der Waals surface area contributed by atoms with Crippen molar-refractivity contribution in [1.82, 2.24) is 10.6 Å². The molecule has 2 aromatic carbocycles. The fraction of sp³-hybridized carbons (Fsp3) is 0.348. The van der Waals surface area contributed by atoms with Crippen molar-refractivity contribution in [1.29, 1.82) is 0 Å². The van der Waals surface area contributed by atoms with Gasteiger partial charge in [0.25, 0.3) is 0 Å². The average Bonchev–Trinajstić information content (AvgIpc) is 3.03. The van der Waals surface area contributed by atoms with Crippen LogP contribution in [0.5, 0.6) is 0 Å². The highest BCUT2D eigenvalue weighted by Crippen LogP contribution is 2.44. The smallest absolute Gasteiger partial charge is 0.407 e. The lowest BCUT2D eigenvalue weighted by molar-refractivity contribution is -0.137. The van der Waals surface area contributed by atoms with E-state index in [1.807, 2.05) is 24.3 Å². The lowest BCUT2D eigenvalue weighted by atomic mass is 9.98. The summed E-state index contributed by atoms with van der Waals surface area (Å²) in [5.41, 5.74) is 4.65. The molecule has 30 heavy (non-hydrogen) atoms. The van der Waals surface area contributed by atoms with Crippen LogP contribution in [0.1, 0.15) is 43.2 Å². The van der Waals surface area contributed by atoms with Gasteiger partial charge in [-0.05, 0) is 35.6 Å². The number of carboxylic acids is 1. The molecule has 2 amide bonds. The van der Waals surface area contributed by atoms with Gasteiger partial charge in [0.1, 0.15) is 6.61 Å². The second kappa shape index (κ2) is 9.91. The Morgan fingerprint density at radius 3 is 2.23 bits per heavy atom. The molecule has 3 N–H and O–H groups in total. The number of alkyl carbamates (subject to hydrolysis) is 1. The van der Waals surface area contributed by atoms with Gasteiger partial charge in [-0.3, -0.25) is 9.59 Å². The third kappa shape index (κ3) is 5.37. The minimum absolute atomic E-state index is 0.00431. The fourth-order valence-electron chi connectivity index (χ4n) is 3.75. The molecule has 7 heteroatoms. The quantitative estimate of drug-likeness (QED) is 0.550. The van der Waals surface area contributed by atoms with E-state index < -0.39 is 18.1 Å². The predicted molar refractivity (Wildman–Crippen MR) is 112 cm³/mol. The molecule has 1 aliphatic rings. The summed E-state index contributed by atoms with van der Waals surface area (Å²) in [6.07, 6.45) is 0.00389. The number of hydrogen-bond donors (Lipinski definition) is 3. The standard InChI is InChI=1S/C23H26N2O5/c1-15(13-22(27)28)25-21(26)11-6-12-24-23(29)30-14-20-18-9-4-2-7-16(18)17-8-3-5-10-19(17)20/h2-5,7-10,15,20H,6,11-14H2,1H3,(H,24,29)(H,25,26)(H,27,28)/t15-/m0/s1. The summed E-state index contributed by atoms with van der Waals surface area (Å²) in [4.78, 5) is 34.4. The monoisotopic (exact) mass is 410 g/mol. The van der Waals surface area contributed by atoms with Gasteiger partial charge in [0.2, 0.25) is 5.91 Å². The molecule has 0 saturated heterocycles. The summed E-state index contributed by atoms with van der Waals surface area (Å²) in [6.45, 7) is 2.19. The van der Waals surface area contributed by atoms with Crippen molar-refractivity contribution < 1.29 is 24.2 Å². The number of nitrogens with one attached hydrogen (secondary N) is 2. The van der Waals surface area contributed by atoms with E-state index in [0.717, 1.165) is 11.1 Å². The van der Waals surface area contributed by atoms with Gasteiger partial charge in [-0.15, -0.1) is 0 Å². The number of ether oxygens (including phenoxy) is 1. The van der Waals surface area contributed by atoms with Crippen LogP contribution in [-0.2, 0) is 14.3 Å². The van der Waals surface area contributed by atoms with Crippen LogP contribution in [0, 0.1) is 0 Å². The summed E-state index contributed by atoms with van der Waals surface area (Å²) >= 11 is 0. The first-order chi connectivity index (χ1) is 14.5. The normalized spacial score (nSPS) is 13.1. The van der Waals surface area contributed by atoms with E-state index in [9.17, 15) is 14.4 Å². The molecule has 0 aliphatic heterocycles. The molecule has 158 valence electrons. The topological polar surface area (TPSA) is 105 Å². The van der Waals surface area contributed by atoms with Gasteiger partial charge in [0.05, 0.1) is 6.42 Å². The van der Waals surface area contributed by atoms with Crippen LogP contribution in [0.2, 0.25) is 0 Å². The Hall–Kier alpha value is -3.35. The summed E-state index contributed by atoms with van der Waals surface area (Å²) in [7, 11) is 0. The Bertz CT molecular complexity index is 882. The molecular weight excluding hydrogens is 384 g/mol. The summed E-state index contributed by atoms with van der Waals surface area (Å²) < 4.78 is 5.44. The lowest BCUT2D eigenvalue weighted by Crippen LogP contribution is -2.34. The first-order valence-electron chi connectivity index (χ1n) is 10.1. The molecule has 7 nitrogen and oxygen atoms in total. The number of rotatable bonds is 9. The van der Waals surface area contributed by atoms with E-state index in [2.05, 4.69) is 34.9 Å². The molecule has 0 spiro atoms. The molecule has 1 aliphatic carbocycles. The van der Waals surface area contributed by atoms with E-state index in [4.69, 9.17) is 9.84 Å². The van der Waals surface area contributed by atoms with Crippen molar-refractivity contribution in [2.24, 2.45) is 0 Å². The number of hydrogen-bond acceptors (Lipinski definition) is 4. The third-order valence-electron chi connectivity index (χ3n) is 5.08. The maximum atomic E-state index is 12.1. The van der Waals surface area contributed by atoms with Crippen molar-refractivity contribution in [2.45, 2.75) is 38.1 Å². The number of carbonyl (C=O) groups is 3. The first kappa shape index (κ1) is 21.4. The molecule has 0 fully saturated rings. The number of carboxylic acid groups (broad SMARTS) is 1. The molecule has 0 aromatic heterocycles. The Morgan fingerprint density at radius 2 is 1.63 bits per heavy atom. The van der Waals surface area contributed by atoms with Gasteiger partial charge in [-0.2, -0.15) is 0 Å². The van der Waals surface area contributed by atoms with Gasteiger partial charge in [-0.25, -0.2) is 4.79 Å². The van der Waals surface area contributed by atoms with Crippen LogP contribution in [-0.4, -0.2) is 42.3 Å². The van der Waals surface area contributed by atoms with Gasteiger partial charge >= 0.3 is 12.1 Å². The number of amides is 2. The van der Waals surface area contributed by atoms with Gasteiger partial charge in [-0.1, -0.05) is 48.5 Å². The number of aliphatic carboxylic acids is 1. The Labute approximate surface area is 175 Å². The summed E-state index contributed by atoms with van der Waals surface area (Å²) in [5, 5.41) is 14.0. The maximum absolute atomic E-state index is 12.1. The van der Waals surface area contributed by atoms with Gasteiger partial charge < -0.3 is 20.5 Å². The molecule has 3 rings (SSSR count). The van der Waals surface area contributed by atoms with Crippen LogP contribution in [0.4, 0.5) is 4.79 Å². The van der Waals surface area contributed by atoms with Crippen molar-refractivity contribution in [2.75, 3.05) is 13.2 Å². The molecule has 0 bridgehead atoms. The third-order valence-corrected chi connectivity index (χ3v) is 5.08. The number of carbonyl (C=O) groups excluding carboxylic acids is 2. The Balaban J connectivity index is 1.41. The Morgan fingerprint density at radius 1 is 1.03 bits per heavy atom. The van der Waals surface area contributed by atoms with Gasteiger partial charge in [0.15, 0.2) is 0 Å². The average molecular weight is 410 g/mol. The van der Waals surface area contributed by atoms with E-state index in [1.54, 1.807) is 6.92 Å². The minimum atomic E-state index is -0.959. The van der Waals surface area contributed by atoms with Crippen LogP contribution in [0.3, 0.4) is 0 Å². The molecule has 1 atom stereocenters. The van der Waals surface area contributed by atoms with Crippen molar-refractivity contribution in [3.63, 3.8) is 0 Å². The zero-order chi connectivity index (χ0) is 21.5. The van der Waals surface area contributed by atoms with Crippen molar-refractivity contribution in [3.8, 4) is 11.1 Å². The van der Waals surface area contributed by atoms with Gasteiger partial charge in [0, 0.05) is 24.9 Å². The van der Waals surface area contributed by atoms with Crippen molar-refractivity contribution in [3.05, 3.63) is 59.7 Å². The van der Waals surface area contributed by atoms with E-state index in [0.29, 0.717) is 13.0 Å².